The number of benzene rings is 1. The maximum atomic E-state index is 13.9. The molecule has 5 rings (SSSR count). The minimum absolute atomic E-state index is 0.0873. The summed E-state index contributed by atoms with van der Waals surface area (Å²) in [4.78, 5) is 23.1. The molecule has 8 nitrogen and oxygen atoms in total. The van der Waals surface area contributed by atoms with Gasteiger partial charge < -0.3 is 9.80 Å². The number of fused-ring (bicyclic) bond motifs is 1. The molecule has 35 heavy (non-hydrogen) atoms. The second-order valence-corrected chi connectivity index (χ2v) is 11.4. The highest BCUT2D eigenvalue weighted by atomic mass is 79.9. The van der Waals surface area contributed by atoms with Crippen LogP contribution < -0.4 is 9.62 Å². The molecule has 0 saturated carbocycles. The molecule has 10 heteroatoms. The zero-order valence-corrected chi connectivity index (χ0v) is 22.5. The SMILES string of the molecule is Cc1cc2nc(C3CCCCN3C(=O)C(NS(C)=O)c3ccccc3Br)cn2nc1N1CCCC1. The van der Waals surface area contributed by atoms with Gasteiger partial charge in [-0.3, -0.25) is 4.79 Å². The van der Waals surface area contributed by atoms with Crippen LogP contribution in [0.5, 0.6) is 0 Å². The standard InChI is InChI=1S/C25H31BrN6O2S/c1-17-15-22-27-20(16-32(22)28-24(17)30-12-7-8-13-30)21-11-5-6-14-31(21)25(33)23(29-35(2)34)18-9-3-4-10-19(18)26/h3-4,9-10,15-16,21,23,29H,5-8,11-14H2,1-2H3. The third-order valence-corrected chi connectivity index (χ3v) is 8.20. The first-order valence-electron chi connectivity index (χ1n) is 12.2. The topological polar surface area (TPSA) is 82.8 Å². The van der Waals surface area contributed by atoms with Gasteiger partial charge in [-0.1, -0.05) is 34.1 Å². The quantitative estimate of drug-likeness (QED) is 0.493. The number of rotatable bonds is 6. The molecule has 186 valence electrons. The van der Waals surface area contributed by atoms with Gasteiger partial charge in [-0.05, 0) is 62.3 Å². The molecule has 3 aromatic rings. The number of amides is 1. The zero-order valence-electron chi connectivity index (χ0n) is 20.1. The Balaban J connectivity index is 1.48. The average molecular weight is 560 g/mol. The molecule has 1 amide bonds. The Bertz CT molecular complexity index is 1260. The van der Waals surface area contributed by atoms with E-state index in [0.717, 1.165) is 65.1 Å². The molecule has 2 aromatic heterocycles. The first-order chi connectivity index (χ1) is 16.9. The van der Waals surface area contributed by atoms with E-state index in [4.69, 9.17) is 10.1 Å². The number of imidazole rings is 1. The van der Waals surface area contributed by atoms with Gasteiger partial charge in [0.2, 0.25) is 5.91 Å². The Morgan fingerprint density at radius 1 is 1.17 bits per heavy atom. The van der Waals surface area contributed by atoms with Crippen LogP contribution in [0.2, 0.25) is 0 Å². The van der Waals surface area contributed by atoms with Crippen molar-refractivity contribution in [1.29, 1.82) is 0 Å². The summed E-state index contributed by atoms with van der Waals surface area (Å²) >= 11 is 3.57. The Labute approximate surface area is 216 Å². The molecule has 0 aliphatic carbocycles. The van der Waals surface area contributed by atoms with Crippen molar-refractivity contribution in [1.82, 2.24) is 24.2 Å². The Hall–Kier alpha value is -2.30. The van der Waals surface area contributed by atoms with Gasteiger partial charge in [-0.15, -0.1) is 5.10 Å². The van der Waals surface area contributed by atoms with Gasteiger partial charge in [-0.2, -0.15) is 0 Å². The van der Waals surface area contributed by atoms with E-state index < -0.39 is 17.0 Å². The lowest BCUT2D eigenvalue weighted by Gasteiger charge is -2.37. The molecule has 2 aliphatic rings. The lowest BCUT2D eigenvalue weighted by molar-refractivity contribution is -0.137. The molecule has 2 fully saturated rings. The van der Waals surface area contributed by atoms with Gasteiger partial charge in [-0.25, -0.2) is 18.4 Å². The average Bonchev–Trinajstić information content (AvgIpc) is 3.52. The second-order valence-electron chi connectivity index (χ2n) is 9.38. The molecule has 4 heterocycles. The van der Waals surface area contributed by atoms with Gasteiger partial charge in [0, 0.05) is 30.4 Å². The van der Waals surface area contributed by atoms with E-state index in [1.165, 1.54) is 12.8 Å². The van der Waals surface area contributed by atoms with Gasteiger partial charge in [0.25, 0.3) is 0 Å². The molecule has 1 N–H and O–H groups in total. The lowest BCUT2D eigenvalue weighted by Crippen LogP contribution is -2.45. The largest absolute Gasteiger partial charge is 0.355 e. The maximum Gasteiger partial charge on any atom is 0.245 e. The van der Waals surface area contributed by atoms with Gasteiger partial charge >= 0.3 is 0 Å². The number of piperidine rings is 1. The fourth-order valence-corrected chi connectivity index (χ4v) is 6.29. The molecule has 3 unspecified atom stereocenters. The minimum atomic E-state index is -1.36. The smallest absolute Gasteiger partial charge is 0.245 e. The highest BCUT2D eigenvalue weighted by Crippen LogP contribution is 2.35. The van der Waals surface area contributed by atoms with E-state index in [1.807, 2.05) is 39.9 Å². The molecule has 1 aromatic carbocycles. The van der Waals surface area contributed by atoms with Crippen molar-refractivity contribution >= 4 is 44.3 Å². The summed E-state index contributed by atoms with van der Waals surface area (Å²) in [5.41, 5.74) is 3.55. The first kappa shape index (κ1) is 24.4. The van der Waals surface area contributed by atoms with Crippen molar-refractivity contribution in [3.8, 4) is 0 Å². The molecule has 0 spiro atoms. The van der Waals surface area contributed by atoms with Gasteiger partial charge in [0.05, 0.1) is 28.9 Å². The summed E-state index contributed by atoms with van der Waals surface area (Å²) in [5, 5.41) is 4.89. The number of hydrogen-bond donors (Lipinski definition) is 1. The van der Waals surface area contributed by atoms with Crippen LogP contribution in [0.15, 0.2) is 41.0 Å². The lowest BCUT2D eigenvalue weighted by atomic mass is 9.97. The number of anilines is 1. The molecule has 2 aliphatic heterocycles. The summed E-state index contributed by atoms with van der Waals surface area (Å²) in [7, 11) is -1.36. The van der Waals surface area contributed by atoms with Crippen LogP contribution in [-0.4, -0.2) is 55.5 Å². The van der Waals surface area contributed by atoms with Gasteiger partial charge in [0.1, 0.15) is 6.04 Å². The highest BCUT2D eigenvalue weighted by Gasteiger charge is 2.35. The van der Waals surface area contributed by atoms with Crippen LogP contribution in [0, 0.1) is 6.92 Å². The van der Waals surface area contributed by atoms with Crippen LogP contribution in [-0.2, 0) is 15.8 Å². The minimum Gasteiger partial charge on any atom is -0.355 e. The highest BCUT2D eigenvalue weighted by molar-refractivity contribution is 9.10. The van der Waals surface area contributed by atoms with Crippen molar-refractivity contribution in [2.45, 2.75) is 51.1 Å². The van der Waals surface area contributed by atoms with Crippen LogP contribution in [0.4, 0.5) is 5.82 Å². The summed E-state index contributed by atoms with van der Waals surface area (Å²) in [6.07, 6.45) is 8.73. The van der Waals surface area contributed by atoms with Crippen LogP contribution in [0.1, 0.15) is 61.0 Å². The predicted octanol–water partition coefficient (Wildman–Crippen LogP) is 4.08. The number of nitrogens with zero attached hydrogens (tertiary/aromatic N) is 5. The Morgan fingerprint density at radius 2 is 1.91 bits per heavy atom. The van der Waals surface area contributed by atoms with Crippen LogP contribution >= 0.6 is 15.9 Å². The number of aromatic nitrogens is 3. The van der Waals surface area contributed by atoms with E-state index in [0.29, 0.717) is 6.54 Å². The van der Waals surface area contributed by atoms with Gasteiger partial charge in [0.15, 0.2) is 11.5 Å². The summed E-state index contributed by atoms with van der Waals surface area (Å²) in [6.45, 7) is 4.80. The number of aryl methyl sites for hydroxylation is 1. The van der Waals surface area contributed by atoms with Crippen molar-refractivity contribution in [2.24, 2.45) is 0 Å². The molecule has 3 atom stereocenters. The summed E-state index contributed by atoms with van der Waals surface area (Å²) in [5.74, 6) is 0.926. The molecule has 2 saturated heterocycles. The van der Waals surface area contributed by atoms with E-state index >= 15 is 0 Å². The van der Waals surface area contributed by atoms with Crippen molar-refractivity contribution in [2.75, 3.05) is 30.8 Å². The zero-order chi connectivity index (χ0) is 24.5. The molecular weight excluding hydrogens is 528 g/mol. The maximum absolute atomic E-state index is 13.9. The van der Waals surface area contributed by atoms with E-state index in [-0.39, 0.29) is 11.9 Å². The summed E-state index contributed by atoms with van der Waals surface area (Å²) < 4.78 is 17.8. The Kier molecular flexibility index (Phi) is 7.22. The monoisotopic (exact) mass is 558 g/mol. The number of likely N-dealkylation sites (tertiary alicyclic amines) is 1. The number of halogens is 1. The third kappa shape index (κ3) is 5.01. The van der Waals surface area contributed by atoms with E-state index in [2.05, 4.69) is 38.5 Å². The number of hydrogen-bond acceptors (Lipinski definition) is 5. The number of carbonyl (C=O) groups is 1. The van der Waals surface area contributed by atoms with Crippen LogP contribution in [0.25, 0.3) is 5.65 Å². The van der Waals surface area contributed by atoms with Crippen LogP contribution in [0.3, 0.4) is 0 Å². The normalized spacial score (nSPS) is 20.4. The number of carbonyl (C=O) groups excluding carboxylic acids is 1. The Morgan fingerprint density at radius 3 is 2.66 bits per heavy atom. The molecule has 0 radical (unpaired) electrons. The van der Waals surface area contributed by atoms with E-state index in [1.54, 1.807) is 6.26 Å². The fraction of sp³-hybridized carbons (Fsp3) is 0.480. The predicted molar refractivity (Wildman–Crippen MR) is 142 cm³/mol. The summed E-state index contributed by atoms with van der Waals surface area (Å²) in [6, 6.07) is 8.82. The fourth-order valence-electron chi connectivity index (χ4n) is 5.21. The molecule has 0 bridgehead atoms. The first-order valence-corrected chi connectivity index (χ1v) is 14.5. The molecular formula is C25H31BrN6O2S. The van der Waals surface area contributed by atoms with Crippen molar-refractivity contribution in [3.63, 3.8) is 0 Å². The van der Waals surface area contributed by atoms with E-state index in [9.17, 15) is 9.00 Å². The van der Waals surface area contributed by atoms with Crippen molar-refractivity contribution < 1.29 is 9.00 Å². The second kappa shape index (κ2) is 10.4. The third-order valence-electron chi connectivity index (χ3n) is 6.91. The van der Waals surface area contributed by atoms with Crippen molar-refractivity contribution in [3.05, 3.63) is 57.8 Å². The number of nitrogens with one attached hydrogen (secondary N) is 1.